The van der Waals surface area contributed by atoms with Crippen LogP contribution in [0.25, 0.3) is 0 Å². The quantitative estimate of drug-likeness (QED) is 0.772. The third-order valence-corrected chi connectivity index (χ3v) is 4.00. The summed E-state index contributed by atoms with van der Waals surface area (Å²) in [5.41, 5.74) is 0. The Balaban J connectivity index is 1.99. The lowest BCUT2D eigenvalue weighted by Crippen LogP contribution is -2.40. The van der Waals surface area contributed by atoms with Gasteiger partial charge in [-0.2, -0.15) is 5.10 Å². The van der Waals surface area contributed by atoms with E-state index in [2.05, 4.69) is 5.10 Å². The molecule has 4 nitrogen and oxygen atoms in total. The predicted octanol–water partition coefficient (Wildman–Crippen LogP) is 2.63. The van der Waals surface area contributed by atoms with E-state index in [1.54, 1.807) is 10.9 Å². The Morgan fingerprint density at radius 2 is 2.00 bits per heavy atom. The molecule has 0 radical (unpaired) electrons. The number of nitrogens with zero attached hydrogens (tertiary/aromatic N) is 3. The zero-order valence-electron chi connectivity index (χ0n) is 11.4. The summed E-state index contributed by atoms with van der Waals surface area (Å²) in [5.74, 6) is 0.172. The van der Waals surface area contributed by atoms with Gasteiger partial charge in [0.1, 0.15) is 6.04 Å². The van der Waals surface area contributed by atoms with Crippen LogP contribution in [0.15, 0.2) is 18.5 Å². The van der Waals surface area contributed by atoms with Gasteiger partial charge in [-0.15, -0.1) is 0 Å². The number of likely N-dealkylation sites (N-methyl/N-ethyl adjacent to an activating group) is 1. The van der Waals surface area contributed by atoms with Crippen LogP contribution in [0.2, 0.25) is 0 Å². The molecule has 1 aliphatic carbocycles. The van der Waals surface area contributed by atoms with Gasteiger partial charge < -0.3 is 4.90 Å². The second kappa shape index (κ2) is 6.03. The van der Waals surface area contributed by atoms with Crippen molar-refractivity contribution >= 4 is 5.91 Å². The normalized spacial score (nSPS) is 19.2. The number of hydrogen-bond acceptors (Lipinski definition) is 2. The van der Waals surface area contributed by atoms with E-state index in [0.717, 1.165) is 12.8 Å². The maximum atomic E-state index is 12.4. The molecule has 1 aromatic heterocycles. The lowest BCUT2D eigenvalue weighted by Gasteiger charge is -2.29. The van der Waals surface area contributed by atoms with Crippen molar-refractivity contribution in [2.45, 2.75) is 57.5 Å². The standard InChI is InChI=1S/C14H23N3O/c1-12(17-11-7-10-15-17)14(18)16(2)13-8-5-3-4-6-9-13/h7,10-13H,3-6,8-9H2,1-2H3. The molecule has 18 heavy (non-hydrogen) atoms. The lowest BCUT2D eigenvalue weighted by atomic mass is 10.1. The molecule has 0 spiro atoms. The highest BCUT2D eigenvalue weighted by atomic mass is 16.2. The first-order valence-corrected chi connectivity index (χ1v) is 6.96. The highest BCUT2D eigenvalue weighted by Gasteiger charge is 2.25. The van der Waals surface area contributed by atoms with Crippen molar-refractivity contribution in [3.8, 4) is 0 Å². The van der Waals surface area contributed by atoms with Crippen molar-refractivity contribution in [1.29, 1.82) is 0 Å². The van der Waals surface area contributed by atoms with E-state index in [0.29, 0.717) is 6.04 Å². The Bertz CT molecular complexity index is 366. The fourth-order valence-corrected chi connectivity index (χ4v) is 2.74. The molecule has 0 bridgehead atoms. The van der Waals surface area contributed by atoms with Crippen LogP contribution in [-0.2, 0) is 4.79 Å². The largest absolute Gasteiger partial charge is 0.341 e. The van der Waals surface area contributed by atoms with Crippen LogP contribution in [0, 0.1) is 0 Å². The number of rotatable bonds is 3. The molecule has 1 saturated carbocycles. The minimum Gasteiger partial charge on any atom is -0.341 e. The van der Waals surface area contributed by atoms with E-state index >= 15 is 0 Å². The summed E-state index contributed by atoms with van der Waals surface area (Å²) in [6.45, 7) is 1.92. The molecule has 0 N–H and O–H groups in total. The Hall–Kier alpha value is -1.32. The molecular weight excluding hydrogens is 226 g/mol. The van der Waals surface area contributed by atoms with Gasteiger partial charge in [-0.3, -0.25) is 9.48 Å². The average molecular weight is 249 g/mol. The van der Waals surface area contributed by atoms with Crippen LogP contribution in [0.1, 0.15) is 51.5 Å². The molecule has 0 saturated heterocycles. The van der Waals surface area contributed by atoms with Crippen LogP contribution in [0.3, 0.4) is 0 Å². The molecule has 4 heteroatoms. The minimum atomic E-state index is -0.201. The summed E-state index contributed by atoms with van der Waals surface area (Å²) < 4.78 is 1.73. The first kappa shape index (κ1) is 13.1. The Labute approximate surface area is 109 Å². The van der Waals surface area contributed by atoms with Crippen molar-refractivity contribution in [2.75, 3.05) is 7.05 Å². The van der Waals surface area contributed by atoms with Gasteiger partial charge in [0.15, 0.2) is 0 Å². The first-order valence-electron chi connectivity index (χ1n) is 6.96. The van der Waals surface area contributed by atoms with E-state index in [4.69, 9.17) is 0 Å². The van der Waals surface area contributed by atoms with Crippen LogP contribution in [0.4, 0.5) is 0 Å². The fourth-order valence-electron chi connectivity index (χ4n) is 2.74. The molecule has 0 aromatic carbocycles. The molecule has 1 fully saturated rings. The van der Waals surface area contributed by atoms with Crippen molar-refractivity contribution < 1.29 is 4.79 Å². The molecule has 1 unspecified atom stereocenters. The van der Waals surface area contributed by atoms with Crippen molar-refractivity contribution in [3.05, 3.63) is 18.5 Å². The highest BCUT2D eigenvalue weighted by Crippen LogP contribution is 2.22. The Morgan fingerprint density at radius 1 is 1.33 bits per heavy atom. The summed E-state index contributed by atoms with van der Waals surface area (Å²) in [5, 5.41) is 4.15. The van der Waals surface area contributed by atoms with E-state index in [1.807, 2.05) is 31.1 Å². The SMILES string of the molecule is CC(C(=O)N(C)C1CCCCCC1)n1cccn1. The summed E-state index contributed by atoms with van der Waals surface area (Å²) in [7, 11) is 1.94. The molecule has 1 heterocycles. The zero-order valence-corrected chi connectivity index (χ0v) is 11.4. The molecule has 100 valence electrons. The topological polar surface area (TPSA) is 38.1 Å². The second-order valence-electron chi connectivity index (χ2n) is 5.26. The van der Waals surface area contributed by atoms with Crippen LogP contribution in [0.5, 0.6) is 0 Å². The maximum Gasteiger partial charge on any atom is 0.247 e. The minimum absolute atomic E-state index is 0.172. The van der Waals surface area contributed by atoms with Gasteiger partial charge >= 0.3 is 0 Å². The van der Waals surface area contributed by atoms with Gasteiger partial charge in [0.05, 0.1) is 0 Å². The predicted molar refractivity (Wildman–Crippen MR) is 71.2 cm³/mol. The van der Waals surface area contributed by atoms with Gasteiger partial charge in [-0.25, -0.2) is 0 Å². The third kappa shape index (κ3) is 2.92. The van der Waals surface area contributed by atoms with Gasteiger partial charge in [-0.1, -0.05) is 25.7 Å². The van der Waals surface area contributed by atoms with E-state index in [9.17, 15) is 4.79 Å². The summed E-state index contributed by atoms with van der Waals surface area (Å²) in [6, 6.07) is 2.07. The monoisotopic (exact) mass is 249 g/mol. The number of carbonyl (C=O) groups is 1. The summed E-state index contributed by atoms with van der Waals surface area (Å²) >= 11 is 0. The molecule has 1 aliphatic rings. The Morgan fingerprint density at radius 3 is 2.56 bits per heavy atom. The van der Waals surface area contributed by atoms with Crippen LogP contribution < -0.4 is 0 Å². The third-order valence-electron chi connectivity index (χ3n) is 4.00. The van der Waals surface area contributed by atoms with Crippen molar-refractivity contribution in [2.24, 2.45) is 0 Å². The van der Waals surface area contributed by atoms with E-state index in [1.165, 1.54) is 25.7 Å². The maximum absolute atomic E-state index is 12.4. The molecule has 1 aromatic rings. The van der Waals surface area contributed by atoms with Crippen LogP contribution in [-0.4, -0.2) is 33.7 Å². The molecule has 2 rings (SSSR count). The first-order chi connectivity index (χ1) is 8.70. The number of amides is 1. The summed E-state index contributed by atoms with van der Waals surface area (Å²) in [6.07, 6.45) is 11.0. The molecule has 0 aliphatic heterocycles. The number of hydrogen-bond donors (Lipinski definition) is 0. The molecule has 1 amide bonds. The Kier molecular flexibility index (Phi) is 4.39. The summed E-state index contributed by atoms with van der Waals surface area (Å²) in [4.78, 5) is 14.4. The second-order valence-corrected chi connectivity index (χ2v) is 5.26. The van der Waals surface area contributed by atoms with Gasteiger partial charge in [0, 0.05) is 25.5 Å². The van der Waals surface area contributed by atoms with E-state index in [-0.39, 0.29) is 11.9 Å². The lowest BCUT2D eigenvalue weighted by molar-refractivity contribution is -0.135. The average Bonchev–Trinajstić information content (AvgIpc) is 2.78. The number of aromatic nitrogens is 2. The fraction of sp³-hybridized carbons (Fsp3) is 0.714. The smallest absolute Gasteiger partial charge is 0.247 e. The van der Waals surface area contributed by atoms with Gasteiger partial charge in [0.2, 0.25) is 5.91 Å². The van der Waals surface area contributed by atoms with Gasteiger partial charge in [0.25, 0.3) is 0 Å². The zero-order chi connectivity index (χ0) is 13.0. The molecule has 1 atom stereocenters. The van der Waals surface area contributed by atoms with E-state index < -0.39 is 0 Å². The van der Waals surface area contributed by atoms with Crippen molar-refractivity contribution in [3.63, 3.8) is 0 Å². The number of carbonyl (C=O) groups excluding carboxylic acids is 1. The highest BCUT2D eigenvalue weighted by molar-refractivity contribution is 5.80. The molecular formula is C14H23N3O. The van der Waals surface area contributed by atoms with Crippen molar-refractivity contribution in [1.82, 2.24) is 14.7 Å². The van der Waals surface area contributed by atoms with Crippen LogP contribution >= 0.6 is 0 Å². The van der Waals surface area contributed by atoms with Gasteiger partial charge in [-0.05, 0) is 25.8 Å².